The molecular formula is C90H135NO8P+. The Balaban J connectivity index is 4.30. The van der Waals surface area contributed by atoms with E-state index in [2.05, 4.69) is 293 Å². The zero-order valence-electron chi connectivity index (χ0n) is 62.8. The lowest BCUT2D eigenvalue weighted by molar-refractivity contribution is -0.870. The van der Waals surface area contributed by atoms with Gasteiger partial charge in [-0.2, -0.15) is 0 Å². The van der Waals surface area contributed by atoms with E-state index in [0.717, 1.165) is 180 Å². The summed E-state index contributed by atoms with van der Waals surface area (Å²) in [5.41, 5.74) is 0. The highest BCUT2D eigenvalue weighted by molar-refractivity contribution is 7.47. The first kappa shape index (κ1) is 93.0. The molecule has 0 aliphatic rings. The van der Waals surface area contributed by atoms with Crippen molar-refractivity contribution in [2.24, 2.45) is 0 Å². The summed E-state index contributed by atoms with van der Waals surface area (Å²) in [7, 11) is 1.38. The SMILES string of the molecule is CC/C=C\C/C=C\C/C=C\C/C=C\C/C=C\C/C=C\C/C=C\C/C=C\C/C=C\C/C=C\C/C=C\C/C=C\CCCCC(=O)OC(COC(=O)CCCCC/C=C\C/C=C\C/C=C\C/C=C\C/C=C\C/C=C\C/C=C\C/C=C\C/C=C\C/C=C\C/C=C\CC)COP(=O)(O)OCC[N+](C)(C)C. The van der Waals surface area contributed by atoms with Gasteiger partial charge >= 0.3 is 19.8 Å². The lowest BCUT2D eigenvalue weighted by Crippen LogP contribution is -2.37. The van der Waals surface area contributed by atoms with E-state index in [1.807, 2.05) is 21.1 Å². The molecule has 100 heavy (non-hydrogen) atoms. The van der Waals surface area contributed by atoms with E-state index in [0.29, 0.717) is 23.9 Å². The lowest BCUT2D eigenvalue weighted by atomic mass is 10.1. The van der Waals surface area contributed by atoms with E-state index >= 15 is 0 Å². The predicted molar refractivity (Wildman–Crippen MR) is 435 cm³/mol. The van der Waals surface area contributed by atoms with Crippen LogP contribution in [0.5, 0.6) is 0 Å². The molecule has 0 bridgehead atoms. The number of quaternary nitrogens is 1. The summed E-state index contributed by atoms with van der Waals surface area (Å²) in [5.74, 6) is -0.914. The van der Waals surface area contributed by atoms with Crippen molar-refractivity contribution in [1.82, 2.24) is 0 Å². The molecule has 0 aromatic rings. The molecule has 0 aliphatic carbocycles. The minimum atomic E-state index is -4.44. The molecule has 0 radical (unpaired) electrons. The Bertz CT molecular complexity index is 2750. The molecule has 1 N–H and O–H groups in total. The van der Waals surface area contributed by atoms with Crippen LogP contribution in [0.15, 0.2) is 279 Å². The van der Waals surface area contributed by atoms with E-state index in [9.17, 15) is 19.0 Å². The highest BCUT2D eigenvalue weighted by Gasteiger charge is 2.27. The first-order valence-corrected chi connectivity index (χ1v) is 39.2. The quantitative estimate of drug-likeness (QED) is 0.0211. The van der Waals surface area contributed by atoms with Crippen molar-refractivity contribution in [2.75, 3.05) is 47.5 Å². The van der Waals surface area contributed by atoms with Gasteiger partial charge in [0.2, 0.25) is 0 Å². The van der Waals surface area contributed by atoms with Crippen LogP contribution in [0.2, 0.25) is 0 Å². The number of phosphoric acid groups is 1. The van der Waals surface area contributed by atoms with Gasteiger partial charge in [-0.1, -0.05) is 300 Å². The molecule has 0 heterocycles. The van der Waals surface area contributed by atoms with Crippen molar-refractivity contribution < 1.29 is 42.1 Å². The fourth-order valence-electron chi connectivity index (χ4n) is 8.76. The number of likely N-dealkylation sites (N-methyl/N-ethyl adjacent to an activating group) is 1. The van der Waals surface area contributed by atoms with Crippen LogP contribution >= 0.6 is 7.82 Å². The topological polar surface area (TPSA) is 108 Å². The van der Waals surface area contributed by atoms with Gasteiger partial charge in [0, 0.05) is 12.8 Å². The summed E-state index contributed by atoms with van der Waals surface area (Å²) in [6, 6.07) is 0. The molecule has 0 rings (SSSR count). The molecule has 2 atom stereocenters. The van der Waals surface area contributed by atoms with Crippen LogP contribution in [0.1, 0.15) is 219 Å². The van der Waals surface area contributed by atoms with Gasteiger partial charge in [0.1, 0.15) is 19.8 Å². The zero-order valence-corrected chi connectivity index (χ0v) is 63.7. The van der Waals surface area contributed by atoms with Crippen LogP contribution in [0, 0.1) is 0 Å². The van der Waals surface area contributed by atoms with Crippen molar-refractivity contribution in [1.29, 1.82) is 0 Å². The van der Waals surface area contributed by atoms with Gasteiger partial charge in [-0.25, -0.2) is 4.57 Å². The maximum atomic E-state index is 12.9. The van der Waals surface area contributed by atoms with Crippen LogP contribution in [0.3, 0.4) is 0 Å². The number of phosphoric ester groups is 1. The fourth-order valence-corrected chi connectivity index (χ4v) is 9.51. The molecule has 552 valence electrons. The van der Waals surface area contributed by atoms with Crippen molar-refractivity contribution in [3.05, 3.63) is 279 Å². The zero-order chi connectivity index (χ0) is 72.5. The molecule has 0 aromatic carbocycles. The largest absolute Gasteiger partial charge is 0.472 e. The van der Waals surface area contributed by atoms with Crippen molar-refractivity contribution in [3.8, 4) is 0 Å². The van der Waals surface area contributed by atoms with Gasteiger partial charge in [-0.3, -0.25) is 18.6 Å². The summed E-state index contributed by atoms with van der Waals surface area (Å²) >= 11 is 0. The number of esters is 2. The highest BCUT2D eigenvalue weighted by atomic mass is 31.2. The van der Waals surface area contributed by atoms with Crippen molar-refractivity contribution in [2.45, 2.75) is 225 Å². The second-order valence-corrected chi connectivity index (χ2v) is 26.3. The first-order valence-electron chi connectivity index (χ1n) is 37.7. The van der Waals surface area contributed by atoms with Gasteiger partial charge in [-0.05, 0) is 186 Å². The number of nitrogens with zero attached hydrogens (tertiary/aromatic N) is 1. The fraction of sp³-hybridized carbons (Fsp3) is 0.467. The molecule has 0 spiro atoms. The predicted octanol–water partition coefficient (Wildman–Crippen LogP) is 25.6. The average molecular weight is 1390 g/mol. The Hall–Kier alpha value is -6.97. The molecule has 0 fully saturated rings. The second kappa shape index (κ2) is 76.2. The number of hydrogen-bond acceptors (Lipinski definition) is 7. The Morgan fingerprint density at radius 3 is 0.800 bits per heavy atom. The molecule has 0 amide bonds. The lowest BCUT2D eigenvalue weighted by Gasteiger charge is -2.24. The third kappa shape index (κ3) is 80.0. The molecule has 0 saturated heterocycles. The first-order chi connectivity index (χ1) is 49.0. The molecular weight excluding hydrogens is 1250 g/mol. The number of carbonyl (C=O) groups excluding carboxylic acids is 2. The summed E-state index contributed by atoms with van der Waals surface area (Å²) in [4.78, 5) is 35.9. The van der Waals surface area contributed by atoms with E-state index in [-0.39, 0.29) is 26.1 Å². The summed E-state index contributed by atoms with van der Waals surface area (Å²) < 4.78 is 34.6. The number of rotatable bonds is 65. The van der Waals surface area contributed by atoms with Crippen LogP contribution in [-0.4, -0.2) is 74.9 Å². The van der Waals surface area contributed by atoms with E-state index in [1.165, 1.54) is 0 Å². The number of carbonyl (C=O) groups is 2. The minimum absolute atomic E-state index is 0.000586. The second-order valence-electron chi connectivity index (χ2n) is 24.9. The van der Waals surface area contributed by atoms with E-state index in [4.69, 9.17) is 18.5 Å². The van der Waals surface area contributed by atoms with Gasteiger partial charge in [-0.15, -0.1) is 0 Å². The van der Waals surface area contributed by atoms with Gasteiger partial charge in [0.25, 0.3) is 0 Å². The molecule has 2 unspecified atom stereocenters. The van der Waals surface area contributed by atoms with Crippen molar-refractivity contribution >= 4 is 19.8 Å². The monoisotopic (exact) mass is 1390 g/mol. The van der Waals surface area contributed by atoms with Crippen molar-refractivity contribution in [3.63, 3.8) is 0 Å². The Kier molecular flexibility index (Phi) is 70.9. The smallest absolute Gasteiger partial charge is 0.462 e. The Morgan fingerprint density at radius 2 is 0.540 bits per heavy atom. The number of ether oxygens (including phenoxy) is 2. The maximum Gasteiger partial charge on any atom is 0.472 e. The molecule has 10 heteroatoms. The summed E-state index contributed by atoms with van der Waals surface area (Å²) in [6.07, 6.45) is 129. The Morgan fingerprint density at radius 1 is 0.310 bits per heavy atom. The van der Waals surface area contributed by atoms with Crippen LogP contribution in [0.4, 0.5) is 0 Å². The molecule has 9 nitrogen and oxygen atoms in total. The molecule has 0 aliphatic heterocycles. The average Bonchev–Trinajstić information content (AvgIpc) is 1.07. The minimum Gasteiger partial charge on any atom is -0.462 e. The molecule has 0 aromatic heterocycles. The van der Waals surface area contributed by atoms with Gasteiger partial charge < -0.3 is 18.9 Å². The summed E-state index contributed by atoms with van der Waals surface area (Å²) in [6.45, 7) is 4.07. The van der Waals surface area contributed by atoms with Gasteiger partial charge in [0.15, 0.2) is 6.10 Å². The standard InChI is InChI=1S/C90H134NO8P/c1-6-8-10-12-14-16-18-20-22-24-26-28-30-32-34-36-38-40-42-44-45-47-49-51-53-55-57-59-61-63-65-67-69-71-73-75-77-79-81-83-90(93)99-88(87-98-100(94,95)97-85-84-91(3,4)5)86-96-89(92)82-80-78-76-74-72-70-68-66-64-62-60-58-56-54-52-50-48-46-43-41-39-37-35-33-31-29-27-25-23-21-19-17-15-13-11-9-7-2/h8-11,14-17,20-23,26-29,32-35,38-41,44-46,48-49,51-52,54-55,57-58,60-61,63-64,66-67,69-70,72-73,75,88H,6-7,12-13,18-19,24-25,30-31,36-37,42-43,47,50,53,56,59,62,65,68,71,74,76-87H2,1-5H3/p+1/b10-8-,11-9-,16-14-,17-15-,22-20-,23-21-,28-26-,29-27-,34-32-,35-33-,40-38-,41-39-,45-44-,48-46-,51-49-,54-52-,57-55-,60-58-,63-61-,66-64-,69-67-,72-70-,75-73-. The summed E-state index contributed by atoms with van der Waals surface area (Å²) in [5, 5.41) is 0. The third-order valence-electron chi connectivity index (χ3n) is 14.4. The number of allylic oxidation sites excluding steroid dienone is 46. The number of unbranched alkanes of at least 4 members (excludes halogenated alkanes) is 5. The normalized spacial score (nSPS) is 14.7. The maximum absolute atomic E-state index is 12.9. The van der Waals surface area contributed by atoms with Crippen LogP contribution in [-0.2, 0) is 32.7 Å². The van der Waals surface area contributed by atoms with Crippen LogP contribution < -0.4 is 0 Å². The van der Waals surface area contributed by atoms with Gasteiger partial charge in [0.05, 0.1) is 27.7 Å². The highest BCUT2D eigenvalue weighted by Crippen LogP contribution is 2.43. The van der Waals surface area contributed by atoms with Crippen LogP contribution in [0.25, 0.3) is 0 Å². The molecule has 0 saturated carbocycles. The third-order valence-corrected chi connectivity index (χ3v) is 15.4. The van der Waals surface area contributed by atoms with E-state index in [1.54, 1.807) is 0 Å². The van der Waals surface area contributed by atoms with E-state index < -0.39 is 32.5 Å². The number of hydrogen-bond donors (Lipinski definition) is 1. The Labute approximate surface area is 610 Å².